The summed E-state index contributed by atoms with van der Waals surface area (Å²) in [4.78, 5) is 0. The smallest absolute Gasteiger partial charge is 0.126 e. The van der Waals surface area contributed by atoms with Crippen LogP contribution >= 0.6 is 0 Å². The van der Waals surface area contributed by atoms with Crippen molar-refractivity contribution in [2.75, 3.05) is 13.2 Å². The van der Waals surface area contributed by atoms with E-state index >= 15 is 0 Å². The fourth-order valence-electron chi connectivity index (χ4n) is 2.14. The molecule has 0 saturated carbocycles. The molecule has 1 aromatic carbocycles. The lowest BCUT2D eigenvalue weighted by Crippen LogP contribution is -2.00. The van der Waals surface area contributed by atoms with Gasteiger partial charge < -0.3 is 14.9 Å². The zero-order chi connectivity index (χ0) is 14.5. The van der Waals surface area contributed by atoms with Crippen LogP contribution < -0.4 is 0 Å². The summed E-state index contributed by atoms with van der Waals surface area (Å²) in [7, 11) is 0. The molecular weight excluding hydrogens is 252 g/mol. The largest absolute Gasteiger partial charge is 0.508 e. The Morgan fingerprint density at radius 1 is 1.25 bits per heavy atom. The summed E-state index contributed by atoms with van der Waals surface area (Å²) in [5.74, 6) is 1.31. The summed E-state index contributed by atoms with van der Waals surface area (Å²) in [6, 6.07) is 1.64. The van der Waals surface area contributed by atoms with Crippen LogP contribution in [0.2, 0.25) is 0 Å². The van der Waals surface area contributed by atoms with Crippen molar-refractivity contribution in [1.82, 2.24) is 0 Å². The number of hydrogen-bond donors (Lipinski definition) is 2. The molecule has 0 amide bonds. The lowest BCUT2D eigenvalue weighted by Gasteiger charge is -2.05. The highest BCUT2D eigenvalue weighted by molar-refractivity contribution is 5.71. The molecule has 0 bridgehead atoms. The summed E-state index contributed by atoms with van der Waals surface area (Å²) < 4.78 is 5.54. The molecule has 2 rings (SSSR count). The Morgan fingerprint density at radius 3 is 2.80 bits per heavy atom. The van der Waals surface area contributed by atoms with Crippen molar-refractivity contribution in [2.24, 2.45) is 5.92 Å². The lowest BCUT2D eigenvalue weighted by molar-refractivity contribution is 0.122. The molecule has 0 saturated heterocycles. The molecule has 0 aliphatic heterocycles. The van der Waals surface area contributed by atoms with E-state index in [2.05, 4.69) is 13.8 Å². The molecular formula is C17H24O3. The van der Waals surface area contributed by atoms with Gasteiger partial charge in [-0.25, -0.2) is 0 Å². The molecule has 1 aliphatic carbocycles. The minimum Gasteiger partial charge on any atom is -0.508 e. The molecule has 0 fully saturated rings. The molecule has 1 aliphatic rings. The third kappa shape index (κ3) is 4.01. The van der Waals surface area contributed by atoms with Crippen LogP contribution in [0, 0.1) is 5.92 Å². The van der Waals surface area contributed by atoms with Crippen molar-refractivity contribution in [3.63, 3.8) is 0 Å². The van der Waals surface area contributed by atoms with Gasteiger partial charge >= 0.3 is 0 Å². The van der Waals surface area contributed by atoms with Crippen molar-refractivity contribution >= 4 is 6.08 Å². The first-order valence-corrected chi connectivity index (χ1v) is 7.40. The molecule has 20 heavy (non-hydrogen) atoms. The Balaban J connectivity index is 1.67. The van der Waals surface area contributed by atoms with Gasteiger partial charge in [0, 0.05) is 36.3 Å². The normalized spacial score (nSPS) is 13.2. The first kappa shape index (κ1) is 14.9. The van der Waals surface area contributed by atoms with Crippen molar-refractivity contribution in [3.8, 4) is 11.5 Å². The molecule has 3 heteroatoms. The van der Waals surface area contributed by atoms with Crippen LogP contribution in [0.5, 0.6) is 11.5 Å². The molecule has 0 radical (unpaired) electrons. The number of phenols is 2. The second kappa shape index (κ2) is 6.80. The fraction of sp³-hybridized carbons (Fsp3) is 0.529. The van der Waals surface area contributed by atoms with Gasteiger partial charge in [0.05, 0.1) is 0 Å². The van der Waals surface area contributed by atoms with Crippen LogP contribution in [0.25, 0.3) is 6.08 Å². The van der Waals surface area contributed by atoms with Gasteiger partial charge in [0.1, 0.15) is 11.5 Å². The summed E-state index contributed by atoms with van der Waals surface area (Å²) in [6.07, 6.45) is 7.62. The predicted octanol–water partition coefficient (Wildman–Crippen LogP) is 3.86. The number of phenolic OH excluding ortho intramolecular Hbond substituents is 2. The number of aromatic hydroxyl groups is 2. The number of unbranched alkanes of at least 4 members (excludes halogenated alkanes) is 1. The quantitative estimate of drug-likeness (QED) is 0.568. The monoisotopic (exact) mass is 276 g/mol. The van der Waals surface area contributed by atoms with E-state index in [4.69, 9.17) is 4.74 Å². The van der Waals surface area contributed by atoms with Gasteiger partial charge in [-0.05, 0) is 31.2 Å². The molecule has 0 atom stereocenters. The third-order valence-corrected chi connectivity index (χ3v) is 3.55. The van der Waals surface area contributed by atoms with Crippen LogP contribution in [0.4, 0.5) is 0 Å². The predicted molar refractivity (Wildman–Crippen MR) is 81.1 cm³/mol. The van der Waals surface area contributed by atoms with Gasteiger partial charge in [-0.15, -0.1) is 0 Å². The second-order valence-electron chi connectivity index (χ2n) is 5.81. The van der Waals surface area contributed by atoms with E-state index in [1.807, 2.05) is 12.2 Å². The Hall–Kier alpha value is -1.48. The fourth-order valence-corrected chi connectivity index (χ4v) is 2.14. The number of hydrogen-bond acceptors (Lipinski definition) is 3. The Morgan fingerprint density at radius 2 is 2.05 bits per heavy atom. The molecule has 0 aromatic heterocycles. The van der Waals surface area contributed by atoms with Gasteiger partial charge in [0.25, 0.3) is 0 Å². The standard InChI is InChI=1S/C17H24O3/c1-12(2)7-9-20-8-5-3-4-6-13-10-16(18)14-11-15(14)17(13)19/h4,6,10,12,18-19H,3,5,7-9,11H2,1-2H3. The zero-order valence-corrected chi connectivity index (χ0v) is 12.4. The number of allylic oxidation sites excluding steroid dienone is 1. The van der Waals surface area contributed by atoms with Gasteiger partial charge in [0.2, 0.25) is 0 Å². The topological polar surface area (TPSA) is 49.7 Å². The van der Waals surface area contributed by atoms with E-state index in [9.17, 15) is 10.2 Å². The molecule has 3 nitrogen and oxygen atoms in total. The van der Waals surface area contributed by atoms with E-state index in [-0.39, 0.29) is 0 Å². The number of benzene rings is 1. The Bertz CT molecular complexity index is 489. The molecule has 0 spiro atoms. The summed E-state index contributed by atoms with van der Waals surface area (Å²) in [5, 5.41) is 19.6. The molecule has 1 aromatic rings. The first-order valence-electron chi connectivity index (χ1n) is 7.40. The third-order valence-electron chi connectivity index (χ3n) is 3.55. The van der Waals surface area contributed by atoms with E-state index < -0.39 is 0 Å². The van der Waals surface area contributed by atoms with Gasteiger partial charge in [-0.3, -0.25) is 0 Å². The maximum absolute atomic E-state index is 9.91. The molecule has 0 heterocycles. The van der Waals surface area contributed by atoms with E-state index in [1.165, 1.54) is 0 Å². The Kier molecular flexibility index (Phi) is 5.07. The van der Waals surface area contributed by atoms with Crippen LogP contribution in [0.3, 0.4) is 0 Å². The number of rotatable bonds is 8. The van der Waals surface area contributed by atoms with Gasteiger partial charge in [-0.2, -0.15) is 0 Å². The van der Waals surface area contributed by atoms with Gasteiger partial charge in [-0.1, -0.05) is 26.0 Å². The van der Waals surface area contributed by atoms with E-state index in [1.54, 1.807) is 6.07 Å². The maximum Gasteiger partial charge on any atom is 0.126 e. The molecule has 0 unspecified atom stereocenters. The molecule has 2 N–H and O–H groups in total. The SMILES string of the molecule is CC(C)CCOCCCC=Cc1cc(O)c2c(c1O)C2. The first-order chi connectivity index (χ1) is 9.59. The Labute approximate surface area is 120 Å². The maximum atomic E-state index is 9.91. The average Bonchev–Trinajstić information content (AvgIpc) is 3.18. The zero-order valence-electron chi connectivity index (χ0n) is 12.4. The van der Waals surface area contributed by atoms with Crippen molar-refractivity contribution in [1.29, 1.82) is 0 Å². The minimum absolute atomic E-state index is 0.300. The summed E-state index contributed by atoms with van der Waals surface area (Å²) >= 11 is 0. The highest BCUT2D eigenvalue weighted by atomic mass is 16.5. The van der Waals surface area contributed by atoms with Crippen molar-refractivity contribution < 1.29 is 14.9 Å². The number of fused-ring (bicyclic) bond motifs is 1. The van der Waals surface area contributed by atoms with E-state index in [0.717, 1.165) is 50.0 Å². The van der Waals surface area contributed by atoms with E-state index in [0.29, 0.717) is 23.0 Å². The highest BCUT2D eigenvalue weighted by Gasteiger charge is 2.27. The molecule has 110 valence electrons. The summed E-state index contributed by atoms with van der Waals surface area (Å²) in [5.41, 5.74) is 2.49. The summed E-state index contributed by atoms with van der Waals surface area (Å²) in [6.45, 7) is 6.00. The highest BCUT2D eigenvalue weighted by Crippen LogP contribution is 2.45. The van der Waals surface area contributed by atoms with Crippen LogP contribution in [-0.2, 0) is 11.2 Å². The van der Waals surface area contributed by atoms with Gasteiger partial charge in [0.15, 0.2) is 0 Å². The number of ether oxygens (including phenoxy) is 1. The van der Waals surface area contributed by atoms with Crippen LogP contribution in [0.15, 0.2) is 12.1 Å². The van der Waals surface area contributed by atoms with Crippen molar-refractivity contribution in [2.45, 2.75) is 39.5 Å². The minimum atomic E-state index is 0.300. The average molecular weight is 276 g/mol. The second-order valence-corrected chi connectivity index (χ2v) is 5.81. The van der Waals surface area contributed by atoms with Crippen molar-refractivity contribution in [3.05, 3.63) is 28.8 Å². The van der Waals surface area contributed by atoms with Crippen LogP contribution in [0.1, 0.15) is 49.8 Å². The van der Waals surface area contributed by atoms with Crippen LogP contribution in [-0.4, -0.2) is 23.4 Å². The lowest BCUT2D eigenvalue weighted by atomic mass is 10.1.